The number of anilines is 1. The lowest BCUT2D eigenvalue weighted by Gasteiger charge is -2.13. The van der Waals surface area contributed by atoms with Crippen LogP contribution < -0.4 is 5.32 Å². The maximum Gasteiger partial charge on any atom is 0.269 e. The van der Waals surface area contributed by atoms with Crippen LogP contribution in [0.15, 0.2) is 46.9 Å². The molecule has 0 amide bonds. The van der Waals surface area contributed by atoms with Gasteiger partial charge in [-0.05, 0) is 35.9 Å². The van der Waals surface area contributed by atoms with Crippen molar-refractivity contribution in [2.45, 2.75) is 6.10 Å². The molecule has 2 aromatic rings. The standard InChI is InChI=1S/C14H12BrFN2O3/c15-10-3-6-12(16)13(7-10)17-8-14(19)9-1-4-11(5-2-9)18(20)21/h1-7,14,17,19H,8H2. The summed E-state index contributed by atoms with van der Waals surface area (Å²) in [6.07, 6.45) is -0.899. The van der Waals surface area contributed by atoms with Gasteiger partial charge in [-0.3, -0.25) is 10.1 Å². The van der Waals surface area contributed by atoms with Crippen LogP contribution in [0, 0.1) is 15.9 Å². The minimum atomic E-state index is -0.899. The lowest BCUT2D eigenvalue weighted by molar-refractivity contribution is -0.384. The molecule has 0 saturated carbocycles. The van der Waals surface area contributed by atoms with Crippen LogP contribution in [-0.2, 0) is 0 Å². The Morgan fingerprint density at radius 2 is 1.95 bits per heavy atom. The maximum absolute atomic E-state index is 13.5. The molecular weight excluding hydrogens is 343 g/mol. The number of nitrogens with zero attached hydrogens (tertiary/aromatic N) is 1. The van der Waals surface area contributed by atoms with E-state index in [9.17, 15) is 19.6 Å². The van der Waals surface area contributed by atoms with Gasteiger partial charge in [0.25, 0.3) is 5.69 Å². The summed E-state index contributed by atoms with van der Waals surface area (Å²) in [5.41, 5.74) is 0.741. The van der Waals surface area contributed by atoms with Crippen molar-refractivity contribution in [2.24, 2.45) is 0 Å². The first kappa shape index (κ1) is 15.4. The number of halogens is 2. The molecule has 0 saturated heterocycles. The van der Waals surface area contributed by atoms with E-state index < -0.39 is 16.8 Å². The fraction of sp³-hybridized carbons (Fsp3) is 0.143. The van der Waals surface area contributed by atoms with E-state index in [0.717, 1.165) is 4.47 Å². The van der Waals surface area contributed by atoms with Crippen LogP contribution in [0.3, 0.4) is 0 Å². The average molecular weight is 355 g/mol. The van der Waals surface area contributed by atoms with E-state index >= 15 is 0 Å². The van der Waals surface area contributed by atoms with Crippen molar-refractivity contribution in [3.05, 3.63) is 68.4 Å². The SMILES string of the molecule is O=[N+]([O-])c1ccc(C(O)CNc2cc(Br)ccc2F)cc1. The van der Waals surface area contributed by atoms with Crippen molar-refractivity contribution >= 4 is 27.3 Å². The lowest BCUT2D eigenvalue weighted by Crippen LogP contribution is -2.13. The fourth-order valence-corrected chi connectivity index (χ4v) is 2.14. The van der Waals surface area contributed by atoms with E-state index in [0.29, 0.717) is 5.56 Å². The normalized spacial score (nSPS) is 12.0. The largest absolute Gasteiger partial charge is 0.387 e. The van der Waals surface area contributed by atoms with E-state index in [1.807, 2.05) is 0 Å². The predicted octanol–water partition coefficient (Wildman–Crippen LogP) is 3.64. The molecule has 0 aliphatic heterocycles. The van der Waals surface area contributed by atoms with Crippen LogP contribution in [0.25, 0.3) is 0 Å². The smallest absolute Gasteiger partial charge is 0.269 e. The highest BCUT2D eigenvalue weighted by atomic mass is 79.9. The zero-order valence-electron chi connectivity index (χ0n) is 10.8. The number of rotatable bonds is 5. The molecule has 2 rings (SSSR count). The van der Waals surface area contributed by atoms with E-state index in [1.165, 1.54) is 30.3 Å². The molecule has 0 radical (unpaired) electrons. The van der Waals surface area contributed by atoms with Gasteiger partial charge in [-0.2, -0.15) is 0 Å². The summed E-state index contributed by atoms with van der Waals surface area (Å²) in [4.78, 5) is 10.0. The number of nitro benzene ring substituents is 1. The number of aliphatic hydroxyl groups excluding tert-OH is 1. The van der Waals surface area contributed by atoms with E-state index in [-0.39, 0.29) is 17.9 Å². The number of nitro groups is 1. The first-order chi connectivity index (χ1) is 9.97. The molecule has 0 spiro atoms. The summed E-state index contributed by atoms with van der Waals surface area (Å²) in [6.45, 7) is 0.0885. The molecule has 1 unspecified atom stereocenters. The highest BCUT2D eigenvalue weighted by Crippen LogP contribution is 2.22. The van der Waals surface area contributed by atoms with Gasteiger partial charge in [0.15, 0.2) is 0 Å². The molecule has 5 nitrogen and oxygen atoms in total. The molecule has 2 N–H and O–H groups in total. The number of aliphatic hydroxyl groups is 1. The van der Waals surface area contributed by atoms with Crippen LogP contribution in [-0.4, -0.2) is 16.6 Å². The molecule has 0 aliphatic carbocycles. The Bertz CT molecular complexity index is 649. The van der Waals surface area contributed by atoms with Crippen molar-refractivity contribution in [1.82, 2.24) is 0 Å². The van der Waals surface area contributed by atoms with Crippen molar-refractivity contribution in [3.8, 4) is 0 Å². The van der Waals surface area contributed by atoms with Crippen LogP contribution in [0.2, 0.25) is 0 Å². The summed E-state index contributed by atoms with van der Waals surface area (Å²) in [5.74, 6) is -0.422. The Labute approximate surface area is 128 Å². The van der Waals surface area contributed by atoms with Crippen LogP contribution in [0.4, 0.5) is 15.8 Å². The van der Waals surface area contributed by atoms with E-state index in [2.05, 4.69) is 21.2 Å². The summed E-state index contributed by atoms with van der Waals surface area (Å²) in [6, 6.07) is 10.0. The number of non-ortho nitro benzene ring substituents is 1. The molecule has 2 aromatic carbocycles. The lowest BCUT2D eigenvalue weighted by atomic mass is 10.1. The van der Waals surface area contributed by atoms with E-state index in [1.54, 1.807) is 12.1 Å². The Hall–Kier alpha value is -1.99. The van der Waals surface area contributed by atoms with Crippen LogP contribution in [0.1, 0.15) is 11.7 Å². The summed E-state index contributed by atoms with van der Waals surface area (Å²) >= 11 is 3.24. The van der Waals surface area contributed by atoms with E-state index in [4.69, 9.17) is 0 Å². The average Bonchev–Trinajstić information content (AvgIpc) is 2.48. The molecule has 0 aromatic heterocycles. The van der Waals surface area contributed by atoms with Crippen LogP contribution >= 0.6 is 15.9 Å². The molecular formula is C14H12BrFN2O3. The zero-order valence-corrected chi connectivity index (χ0v) is 12.4. The minimum Gasteiger partial charge on any atom is -0.387 e. The van der Waals surface area contributed by atoms with Gasteiger partial charge < -0.3 is 10.4 Å². The first-order valence-electron chi connectivity index (χ1n) is 6.08. The van der Waals surface area contributed by atoms with Gasteiger partial charge in [-0.15, -0.1) is 0 Å². The highest BCUT2D eigenvalue weighted by molar-refractivity contribution is 9.10. The summed E-state index contributed by atoms with van der Waals surface area (Å²) < 4.78 is 14.2. The Morgan fingerprint density at radius 1 is 1.29 bits per heavy atom. The quantitative estimate of drug-likeness (QED) is 0.634. The zero-order chi connectivity index (χ0) is 15.4. The van der Waals surface area contributed by atoms with Gasteiger partial charge in [0, 0.05) is 23.2 Å². The van der Waals surface area contributed by atoms with Gasteiger partial charge in [-0.25, -0.2) is 4.39 Å². The Balaban J connectivity index is 2.02. The van der Waals surface area contributed by atoms with Crippen molar-refractivity contribution in [3.63, 3.8) is 0 Å². The third-order valence-corrected chi connectivity index (χ3v) is 3.40. The third kappa shape index (κ3) is 3.99. The second-order valence-corrected chi connectivity index (χ2v) is 5.29. The fourth-order valence-electron chi connectivity index (χ4n) is 1.78. The maximum atomic E-state index is 13.5. The number of nitrogens with one attached hydrogen (secondary N) is 1. The van der Waals surface area contributed by atoms with Gasteiger partial charge in [0.1, 0.15) is 5.82 Å². The van der Waals surface area contributed by atoms with Gasteiger partial charge in [-0.1, -0.05) is 15.9 Å². The van der Waals surface area contributed by atoms with Crippen LogP contribution in [0.5, 0.6) is 0 Å². The Kier molecular flexibility index (Phi) is 4.87. The molecule has 21 heavy (non-hydrogen) atoms. The number of hydrogen-bond donors (Lipinski definition) is 2. The minimum absolute atomic E-state index is 0.0445. The Morgan fingerprint density at radius 3 is 2.57 bits per heavy atom. The van der Waals surface area contributed by atoms with Gasteiger partial charge in [0.05, 0.1) is 16.7 Å². The molecule has 0 heterocycles. The second kappa shape index (κ2) is 6.64. The van der Waals surface area contributed by atoms with Gasteiger partial charge in [0.2, 0.25) is 0 Å². The summed E-state index contributed by atoms with van der Waals surface area (Å²) in [7, 11) is 0. The molecule has 0 fully saturated rings. The van der Waals surface area contributed by atoms with Crippen molar-refractivity contribution < 1.29 is 14.4 Å². The van der Waals surface area contributed by atoms with Gasteiger partial charge >= 0.3 is 0 Å². The van der Waals surface area contributed by atoms with Crippen molar-refractivity contribution in [1.29, 1.82) is 0 Å². The highest BCUT2D eigenvalue weighted by Gasteiger charge is 2.11. The summed E-state index contributed by atoms with van der Waals surface area (Å²) in [5, 5.41) is 23.4. The number of benzene rings is 2. The molecule has 110 valence electrons. The first-order valence-corrected chi connectivity index (χ1v) is 6.88. The molecule has 0 bridgehead atoms. The van der Waals surface area contributed by atoms with Crippen molar-refractivity contribution in [2.75, 3.05) is 11.9 Å². The topological polar surface area (TPSA) is 75.4 Å². The predicted molar refractivity (Wildman–Crippen MR) is 80.6 cm³/mol. The number of hydrogen-bond acceptors (Lipinski definition) is 4. The molecule has 0 aliphatic rings. The molecule has 1 atom stereocenters. The third-order valence-electron chi connectivity index (χ3n) is 2.90. The monoisotopic (exact) mass is 354 g/mol. The molecule has 7 heteroatoms. The second-order valence-electron chi connectivity index (χ2n) is 4.37.